The van der Waals surface area contributed by atoms with E-state index in [4.69, 9.17) is 9.26 Å². The van der Waals surface area contributed by atoms with Gasteiger partial charge in [0.2, 0.25) is 0 Å². The number of carbonyl (C=O) groups is 1. The third kappa shape index (κ3) is 3.92. The lowest BCUT2D eigenvalue weighted by Crippen LogP contribution is -2.26. The third-order valence-electron chi connectivity index (χ3n) is 3.01. The molecule has 1 aromatic heterocycles. The van der Waals surface area contributed by atoms with Crippen LogP contribution >= 0.6 is 15.9 Å². The number of aryl methyl sites for hydroxylation is 1. The standard InChI is InChI=1S/C15H17BrN2O3/c1-10-13(15(19)17-8-3-9-20-2)14(21-18-10)11-4-6-12(16)7-5-11/h4-7H,3,8-9H2,1-2H3,(H,17,19). The van der Waals surface area contributed by atoms with Crippen LogP contribution in [0.25, 0.3) is 11.3 Å². The zero-order valence-electron chi connectivity index (χ0n) is 12.0. The van der Waals surface area contributed by atoms with Gasteiger partial charge in [0.15, 0.2) is 5.76 Å². The number of amides is 1. The molecule has 0 saturated heterocycles. The zero-order chi connectivity index (χ0) is 15.2. The number of hydrogen-bond acceptors (Lipinski definition) is 4. The summed E-state index contributed by atoms with van der Waals surface area (Å²) in [4.78, 5) is 12.3. The fourth-order valence-electron chi connectivity index (χ4n) is 1.94. The third-order valence-corrected chi connectivity index (χ3v) is 3.54. The summed E-state index contributed by atoms with van der Waals surface area (Å²) < 4.78 is 11.2. The van der Waals surface area contributed by atoms with E-state index in [9.17, 15) is 4.79 Å². The Morgan fingerprint density at radius 1 is 1.38 bits per heavy atom. The molecule has 2 rings (SSSR count). The van der Waals surface area contributed by atoms with E-state index in [2.05, 4.69) is 26.4 Å². The van der Waals surface area contributed by atoms with E-state index in [0.29, 0.717) is 30.2 Å². The van der Waals surface area contributed by atoms with E-state index in [-0.39, 0.29) is 5.91 Å². The van der Waals surface area contributed by atoms with Crippen LogP contribution in [0.4, 0.5) is 0 Å². The Bertz CT molecular complexity index is 608. The molecule has 1 N–H and O–H groups in total. The number of ether oxygens (including phenoxy) is 1. The lowest BCUT2D eigenvalue weighted by molar-refractivity contribution is 0.0948. The van der Waals surface area contributed by atoms with Gasteiger partial charge < -0.3 is 14.6 Å². The number of aromatic nitrogens is 1. The lowest BCUT2D eigenvalue weighted by Gasteiger charge is -2.05. The van der Waals surface area contributed by atoms with E-state index in [0.717, 1.165) is 16.5 Å². The molecule has 0 unspecified atom stereocenters. The smallest absolute Gasteiger partial charge is 0.257 e. The van der Waals surface area contributed by atoms with Crippen molar-refractivity contribution in [1.82, 2.24) is 10.5 Å². The molecule has 0 aliphatic carbocycles. The summed E-state index contributed by atoms with van der Waals surface area (Å²) in [5.41, 5.74) is 1.88. The Labute approximate surface area is 131 Å². The quantitative estimate of drug-likeness (QED) is 0.811. The van der Waals surface area contributed by atoms with Gasteiger partial charge in [0.05, 0.1) is 5.69 Å². The van der Waals surface area contributed by atoms with Gasteiger partial charge in [-0.1, -0.05) is 21.1 Å². The van der Waals surface area contributed by atoms with Gasteiger partial charge >= 0.3 is 0 Å². The first-order chi connectivity index (χ1) is 10.1. The number of hydrogen-bond donors (Lipinski definition) is 1. The Kier molecular flexibility index (Phi) is 5.52. The van der Waals surface area contributed by atoms with Crippen molar-refractivity contribution in [2.75, 3.05) is 20.3 Å². The fraction of sp³-hybridized carbons (Fsp3) is 0.333. The van der Waals surface area contributed by atoms with Crippen molar-refractivity contribution >= 4 is 21.8 Å². The van der Waals surface area contributed by atoms with Gasteiger partial charge in [-0.25, -0.2) is 0 Å². The van der Waals surface area contributed by atoms with Crippen molar-refractivity contribution in [3.63, 3.8) is 0 Å². The van der Waals surface area contributed by atoms with Gasteiger partial charge in [0.1, 0.15) is 5.56 Å². The van der Waals surface area contributed by atoms with Crippen LogP contribution in [0.1, 0.15) is 22.5 Å². The van der Waals surface area contributed by atoms with Gasteiger partial charge in [0.25, 0.3) is 5.91 Å². The minimum absolute atomic E-state index is 0.178. The van der Waals surface area contributed by atoms with Gasteiger partial charge in [-0.2, -0.15) is 0 Å². The number of methoxy groups -OCH3 is 1. The molecule has 6 heteroatoms. The Balaban J connectivity index is 2.18. The highest BCUT2D eigenvalue weighted by Gasteiger charge is 2.21. The molecule has 21 heavy (non-hydrogen) atoms. The van der Waals surface area contributed by atoms with Crippen LogP contribution in [0, 0.1) is 6.92 Å². The minimum atomic E-state index is -0.178. The van der Waals surface area contributed by atoms with Crippen LogP contribution < -0.4 is 5.32 Å². The minimum Gasteiger partial charge on any atom is -0.385 e. The lowest BCUT2D eigenvalue weighted by atomic mass is 10.1. The van der Waals surface area contributed by atoms with Gasteiger partial charge in [-0.15, -0.1) is 0 Å². The van der Waals surface area contributed by atoms with Crippen LogP contribution in [0.15, 0.2) is 33.3 Å². The Morgan fingerprint density at radius 3 is 2.76 bits per heavy atom. The molecule has 112 valence electrons. The van der Waals surface area contributed by atoms with E-state index < -0.39 is 0 Å². The number of carbonyl (C=O) groups excluding carboxylic acids is 1. The predicted molar refractivity (Wildman–Crippen MR) is 83.2 cm³/mol. The Hall–Kier alpha value is -1.66. The van der Waals surface area contributed by atoms with Crippen LogP contribution in [0.3, 0.4) is 0 Å². The maximum atomic E-state index is 12.3. The first-order valence-corrected chi connectivity index (χ1v) is 7.42. The van der Waals surface area contributed by atoms with Crippen LogP contribution in [-0.4, -0.2) is 31.3 Å². The molecule has 0 atom stereocenters. The summed E-state index contributed by atoms with van der Waals surface area (Å²) in [5, 5.41) is 6.76. The number of rotatable bonds is 6. The number of nitrogens with zero attached hydrogens (tertiary/aromatic N) is 1. The number of benzene rings is 1. The van der Waals surface area contributed by atoms with Crippen molar-refractivity contribution in [3.05, 3.63) is 40.0 Å². The normalized spacial score (nSPS) is 10.6. The SMILES string of the molecule is COCCCNC(=O)c1c(C)noc1-c1ccc(Br)cc1. The van der Waals surface area contributed by atoms with Crippen LogP contribution in [0.2, 0.25) is 0 Å². The second-order valence-electron chi connectivity index (χ2n) is 4.58. The highest BCUT2D eigenvalue weighted by Crippen LogP contribution is 2.27. The van der Waals surface area contributed by atoms with E-state index in [1.54, 1.807) is 14.0 Å². The van der Waals surface area contributed by atoms with E-state index >= 15 is 0 Å². The summed E-state index contributed by atoms with van der Waals surface area (Å²) in [7, 11) is 1.64. The second-order valence-corrected chi connectivity index (χ2v) is 5.50. The topological polar surface area (TPSA) is 64.4 Å². The summed E-state index contributed by atoms with van der Waals surface area (Å²) in [6.07, 6.45) is 0.764. The molecule has 0 radical (unpaired) electrons. The molecular weight excluding hydrogens is 336 g/mol. The summed E-state index contributed by atoms with van der Waals surface area (Å²) in [6, 6.07) is 7.55. The molecule has 1 aromatic carbocycles. The molecule has 2 aromatic rings. The maximum Gasteiger partial charge on any atom is 0.257 e. The fourth-order valence-corrected chi connectivity index (χ4v) is 2.21. The number of halogens is 1. The van der Waals surface area contributed by atoms with Crippen molar-refractivity contribution in [2.45, 2.75) is 13.3 Å². The highest BCUT2D eigenvalue weighted by atomic mass is 79.9. The van der Waals surface area contributed by atoms with Gasteiger partial charge in [-0.05, 0) is 37.6 Å². The summed E-state index contributed by atoms with van der Waals surface area (Å²) >= 11 is 3.38. The molecule has 0 fully saturated rings. The van der Waals surface area contributed by atoms with Crippen molar-refractivity contribution in [2.24, 2.45) is 0 Å². The maximum absolute atomic E-state index is 12.3. The molecule has 1 amide bonds. The predicted octanol–water partition coefficient (Wildman–Crippen LogP) is 3.18. The van der Waals surface area contributed by atoms with Crippen molar-refractivity contribution in [1.29, 1.82) is 0 Å². The first-order valence-electron chi connectivity index (χ1n) is 6.63. The average molecular weight is 353 g/mol. The van der Waals surface area contributed by atoms with Crippen LogP contribution in [0.5, 0.6) is 0 Å². The van der Waals surface area contributed by atoms with E-state index in [1.165, 1.54) is 0 Å². The summed E-state index contributed by atoms with van der Waals surface area (Å²) in [5.74, 6) is 0.312. The molecule has 5 nitrogen and oxygen atoms in total. The summed E-state index contributed by atoms with van der Waals surface area (Å²) in [6.45, 7) is 2.93. The number of nitrogens with one attached hydrogen (secondary N) is 1. The molecule has 1 heterocycles. The zero-order valence-corrected chi connectivity index (χ0v) is 13.6. The molecule has 0 saturated carbocycles. The molecular formula is C15H17BrN2O3. The van der Waals surface area contributed by atoms with Gasteiger partial charge in [0, 0.05) is 30.3 Å². The van der Waals surface area contributed by atoms with Gasteiger partial charge in [-0.3, -0.25) is 4.79 Å². The average Bonchev–Trinajstić information content (AvgIpc) is 2.86. The van der Waals surface area contributed by atoms with Crippen LogP contribution in [-0.2, 0) is 4.74 Å². The Morgan fingerprint density at radius 2 is 2.10 bits per heavy atom. The van der Waals surface area contributed by atoms with Crippen molar-refractivity contribution in [3.8, 4) is 11.3 Å². The molecule has 0 bridgehead atoms. The molecule has 0 aliphatic rings. The van der Waals surface area contributed by atoms with Crippen molar-refractivity contribution < 1.29 is 14.1 Å². The van der Waals surface area contributed by atoms with E-state index in [1.807, 2.05) is 24.3 Å². The largest absolute Gasteiger partial charge is 0.385 e. The first kappa shape index (κ1) is 15.7. The highest BCUT2D eigenvalue weighted by molar-refractivity contribution is 9.10. The monoisotopic (exact) mass is 352 g/mol. The molecule has 0 spiro atoms. The molecule has 0 aliphatic heterocycles. The second kappa shape index (κ2) is 7.38.